The van der Waals surface area contributed by atoms with Crippen LogP contribution in [-0.2, 0) is 14.6 Å². The number of methoxy groups -OCH3 is 1. The molecule has 6 nitrogen and oxygen atoms in total. The van der Waals surface area contributed by atoms with Gasteiger partial charge >= 0.3 is 0 Å². The number of carbonyl (C=O) groups is 1. The van der Waals surface area contributed by atoms with Crippen molar-refractivity contribution in [3.8, 4) is 0 Å². The summed E-state index contributed by atoms with van der Waals surface area (Å²) < 4.78 is 28.4. The second-order valence-corrected chi connectivity index (χ2v) is 7.29. The van der Waals surface area contributed by atoms with Crippen molar-refractivity contribution in [1.29, 1.82) is 0 Å². The van der Waals surface area contributed by atoms with Gasteiger partial charge in [-0.15, -0.1) is 0 Å². The first-order valence-electron chi connectivity index (χ1n) is 6.70. The van der Waals surface area contributed by atoms with Crippen molar-refractivity contribution in [1.82, 2.24) is 4.90 Å². The molecule has 21 heavy (non-hydrogen) atoms. The van der Waals surface area contributed by atoms with Crippen molar-refractivity contribution in [2.24, 2.45) is 5.73 Å². The predicted molar refractivity (Wildman–Crippen MR) is 78.8 cm³/mol. The van der Waals surface area contributed by atoms with Crippen molar-refractivity contribution in [3.63, 3.8) is 0 Å². The zero-order valence-electron chi connectivity index (χ0n) is 12.2. The van der Waals surface area contributed by atoms with Gasteiger partial charge in [0.1, 0.15) is 0 Å². The largest absolute Gasteiger partial charge is 0.378 e. The van der Waals surface area contributed by atoms with E-state index in [1.807, 2.05) is 0 Å². The minimum Gasteiger partial charge on any atom is -0.378 e. The number of likely N-dealkylation sites (tertiary alicyclic amines) is 1. The van der Waals surface area contributed by atoms with Gasteiger partial charge in [0.25, 0.3) is 5.91 Å². The van der Waals surface area contributed by atoms with Gasteiger partial charge < -0.3 is 15.4 Å². The topological polar surface area (TPSA) is 89.7 Å². The molecule has 2 rings (SSSR count). The van der Waals surface area contributed by atoms with Crippen LogP contribution in [0.3, 0.4) is 0 Å². The highest BCUT2D eigenvalue weighted by Crippen LogP contribution is 2.17. The first-order chi connectivity index (χ1) is 9.82. The lowest BCUT2D eigenvalue weighted by molar-refractivity contribution is 0.0162. The van der Waals surface area contributed by atoms with E-state index in [2.05, 4.69) is 0 Å². The van der Waals surface area contributed by atoms with Crippen LogP contribution in [0.15, 0.2) is 29.2 Å². The fraction of sp³-hybridized carbons (Fsp3) is 0.500. The van der Waals surface area contributed by atoms with E-state index in [1.54, 1.807) is 24.1 Å². The Morgan fingerprint density at radius 1 is 1.43 bits per heavy atom. The van der Waals surface area contributed by atoms with Crippen LogP contribution < -0.4 is 5.73 Å². The van der Waals surface area contributed by atoms with Crippen LogP contribution in [-0.4, -0.2) is 57.8 Å². The van der Waals surface area contributed by atoms with E-state index in [1.165, 1.54) is 12.1 Å². The average Bonchev–Trinajstić information content (AvgIpc) is 2.46. The lowest BCUT2D eigenvalue weighted by Crippen LogP contribution is -2.53. The van der Waals surface area contributed by atoms with Crippen LogP contribution in [0.5, 0.6) is 0 Å². The third-order valence-corrected chi connectivity index (χ3v) is 4.82. The molecule has 1 heterocycles. The average molecular weight is 312 g/mol. The number of piperidine rings is 1. The third-order valence-electron chi connectivity index (χ3n) is 3.71. The number of rotatable bonds is 3. The molecule has 0 aromatic heterocycles. The molecule has 0 bridgehead atoms. The minimum absolute atomic E-state index is 0.0820. The number of benzene rings is 1. The summed E-state index contributed by atoms with van der Waals surface area (Å²) in [6.07, 6.45) is 1.59. The summed E-state index contributed by atoms with van der Waals surface area (Å²) in [5.74, 6) is -0.200. The Balaban J connectivity index is 2.21. The van der Waals surface area contributed by atoms with Crippen molar-refractivity contribution in [2.75, 3.05) is 26.5 Å². The number of hydrogen-bond donors (Lipinski definition) is 1. The van der Waals surface area contributed by atoms with Gasteiger partial charge in [0.05, 0.1) is 11.0 Å². The summed E-state index contributed by atoms with van der Waals surface area (Å²) in [5.41, 5.74) is 6.29. The molecule has 1 aromatic rings. The van der Waals surface area contributed by atoms with Crippen LogP contribution in [0.2, 0.25) is 0 Å². The molecule has 1 saturated heterocycles. The van der Waals surface area contributed by atoms with Crippen LogP contribution in [0.4, 0.5) is 0 Å². The zero-order chi connectivity index (χ0) is 15.6. The van der Waals surface area contributed by atoms with Crippen molar-refractivity contribution in [3.05, 3.63) is 29.8 Å². The monoisotopic (exact) mass is 312 g/mol. The molecule has 1 fully saturated rings. The molecule has 1 aliphatic rings. The van der Waals surface area contributed by atoms with Gasteiger partial charge in [0.15, 0.2) is 9.84 Å². The Bertz CT molecular complexity index is 630. The summed E-state index contributed by atoms with van der Waals surface area (Å²) >= 11 is 0. The van der Waals surface area contributed by atoms with Gasteiger partial charge in [-0.05, 0) is 24.6 Å². The number of sulfone groups is 1. The van der Waals surface area contributed by atoms with Gasteiger partial charge in [-0.25, -0.2) is 8.42 Å². The second kappa shape index (κ2) is 6.13. The zero-order valence-corrected chi connectivity index (χ0v) is 13.0. The summed E-state index contributed by atoms with van der Waals surface area (Å²) in [6.45, 7) is 0.961. The quantitative estimate of drug-likeness (QED) is 0.866. The lowest BCUT2D eigenvalue weighted by atomic mass is 10.0. The molecule has 1 aliphatic heterocycles. The molecular formula is C14H20N2O4S. The fourth-order valence-electron chi connectivity index (χ4n) is 2.41. The molecule has 0 saturated carbocycles. The second-order valence-electron chi connectivity index (χ2n) is 5.28. The molecule has 1 aromatic carbocycles. The first-order valence-corrected chi connectivity index (χ1v) is 8.60. The van der Waals surface area contributed by atoms with Crippen LogP contribution in [0.1, 0.15) is 16.8 Å². The van der Waals surface area contributed by atoms with E-state index in [0.29, 0.717) is 25.1 Å². The van der Waals surface area contributed by atoms with E-state index in [0.717, 1.165) is 6.26 Å². The maximum absolute atomic E-state index is 12.5. The summed E-state index contributed by atoms with van der Waals surface area (Å²) in [4.78, 5) is 14.3. The molecular weight excluding hydrogens is 292 g/mol. The Morgan fingerprint density at radius 2 is 2.14 bits per heavy atom. The molecule has 0 radical (unpaired) electrons. The van der Waals surface area contributed by atoms with Gasteiger partial charge in [0, 0.05) is 38.1 Å². The van der Waals surface area contributed by atoms with E-state index in [4.69, 9.17) is 10.5 Å². The van der Waals surface area contributed by atoms with Crippen molar-refractivity contribution >= 4 is 15.7 Å². The Labute approximate surface area is 124 Å². The SMILES string of the molecule is CO[C@H]1CN(C(=O)c2cccc(S(C)(=O)=O)c2)CC[C@H]1N. The number of hydrogen-bond acceptors (Lipinski definition) is 5. The molecule has 1 amide bonds. The number of nitrogens with two attached hydrogens (primary N) is 1. The Morgan fingerprint density at radius 3 is 2.76 bits per heavy atom. The Hall–Kier alpha value is -1.44. The van der Waals surface area contributed by atoms with Crippen LogP contribution >= 0.6 is 0 Å². The van der Waals surface area contributed by atoms with E-state index in [-0.39, 0.29) is 22.9 Å². The molecule has 0 aliphatic carbocycles. The molecule has 2 N–H and O–H groups in total. The van der Waals surface area contributed by atoms with Gasteiger partial charge in [-0.3, -0.25) is 4.79 Å². The third kappa shape index (κ3) is 3.61. The highest BCUT2D eigenvalue weighted by atomic mass is 32.2. The fourth-order valence-corrected chi connectivity index (χ4v) is 3.08. The smallest absolute Gasteiger partial charge is 0.253 e. The number of nitrogens with zero attached hydrogens (tertiary/aromatic N) is 1. The van der Waals surface area contributed by atoms with Crippen LogP contribution in [0, 0.1) is 0 Å². The molecule has 0 spiro atoms. The molecule has 116 valence electrons. The van der Waals surface area contributed by atoms with E-state index in [9.17, 15) is 13.2 Å². The number of carbonyl (C=O) groups excluding carboxylic acids is 1. The van der Waals surface area contributed by atoms with Crippen molar-refractivity contribution < 1.29 is 17.9 Å². The number of amides is 1. The molecule has 7 heteroatoms. The standard InChI is InChI=1S/C14H20N2O4S/c1-20-13-9-16(7-6-12(13)15)14(17)10-4-3-5-11(8-10)21(2,18)19/h3-5,8,12-13H,6-7,9,15H2,1-2H3/t12-,13+/m1/s1. The number of ether oxygens (including phenoxy) is 1. The van der Waals surface area contributed by atoms with E-state index >= 15 is 0 Å². The first kappa shape index (κ1) is 15.9. The molecule has 0 unspecified atom stereocenters. The highest BCUT2D eigenvalue weighted by molar-refractivity contribution is 7.90. The predicted octanol–water partition coefficient (Wildman–Crippen LogP) is 0.278. The summed E-state index contributed by atoms with van der Waals surface area (Å²) in [6, 6.07) is 6.01. The summed E-state index contributed by atoms with van der Waals surface area (Å²) in [7, 11) is -1.76. The normalized spacial score (nSPS) is 23.1. The summed E-state index contributed by atoms with van der Waals surface area (Å²) in [5, 5.41) is 0. The molecule has 2 atom stereocenters. The Kier molecular flexibility index (Phi) is 4.65. The minimum atomic E-state index is -3.33. The van der Waals surface area contributed by atoms with E-state index < -0.39 is 9.84 Å². The maximum Gasteiger partial charge on any atom is 0.253 e. The van der Waals surface area contributed by atoms with Gasteiger partial charge in [0.2, 0.25) is 0 Å². The van der Waals surface area contributed by atoms with Crippen molar-refractivity contribution in [2.45, 2.75) is 23.5 Å². The lowest BCUT2D eigenvalue weighted by Gasteiger charge is -2.36. The highest BCUT2D eigenvalue weighted by Gasteiger charge is 2.29. The van der Waals surface area contributed by atoms with Crippen LogP contribution in [0.25, 0.3) is 0 Å². The van der Waals surface area contributed by atoms with Gasteiger partial charge in [-0.2, -0.15) is 0 Å². The van der Waals surface area contributed by atoms with Gasteiger partial charge in [-0.1, -0.05) is 6.07 Å². The maximum atomic E-state index is 12.5.